The molecule has 164 valence electrons. The van der Waals surface area contributed by atoms with Gasteiger partial charge in [0.2, 0.25) is 0 Å². The van der Waals surface area contributed by atoms with Crippen LogP contribution in [0.5, 0.6) is 5.75 Å². The van der Waals surface area contributed by atoms with E-state index in [9.17, 15) is 5.11 Å². The summed E-state index contributed by atoms with van der Waals surface area (Å²) in [4.78, 5) is 5.10. The molecule has 2 rings (SSSR count). The first kappa shape index (κ1) is 24.2. The van der Waals surface area contributed by atoms with Crippen molar-refractivity contribution < 1.29 is 5.11 Å². The first-order chi connectivity index (χ1) is 14.7. The lowest BCUT2D eigenvalue weighted by molar-refractivity contribution is 0.471. The molecule has 0 fully saturated rings. The largest absolute Gasteiger partial charge is 0.508 e. The van der Waals surface area contributed by atoms with E-state index in [0.29, 0.717) is 11.7 Å². The predicted octanol–water partition coefficient (Wildman–Crippen LogP) is 8.77. The Bertz CT molecular complexity index is 750. The molecular weight excluding hydrogens is 366 g/mol. The van der Waals surface area contributed by atoms with Crippen LogP contribution in [-0.2, 0) is 0 Å². The zero-order chi connectivity index (χ0) is 21.6. The lowest BCUT2D eigenvalue weighted by atomic mass is 9.87. The van der Waals surface area contributed by atoms with E-state index < -0.39 is 0 Å². The van der Waals surface area contributed by atoms with Crippen molar-refractivity contribution >= 4 is 11.4 Å². The molecule has 1 atom stereocenters. The van der Waals surface area contributed by atoms with E-state index in [-0.39, 0.29) is 0 Å². The highest BCUT2D eigenvalue weighted by Crippen LogP contribution is 2.28. The zero-order valence-electron chi connectivity index (χ0n) is 19.4. The molecule has 1 N–H and O–H groups in total. The summed E-state index contributed by atoms with van der Waals surface area (Å²) in [5.74, 6) is 0.811. The van der Waals surface area contributed by atoms with Crippen LogP contribution in [-0.4, -0.2) is 10.8 Å². The second-order valence-electron chi connectivity index (χ2n) is 8.58. The van der Waals surface area contributed by atoms with Gasteiger partial charge in [0.1, 0.15) is 5.75 Å². The van der Waals surface area contributed by atoms with Gasteiger partial charge in [-0.1, -0.05) is 102 Å². The minimum Gasteiger partial charge on any atom is -0.508 e. The summed E-state index contributed by atoms with van der Waals surface area (Å²) in [7, 11) is 0. The van der Waals surface area contributed by atoms with Crippen molar-refractivity contribution in [2.24, 2.45) is 10.9 Å². The Kier molecular flexibility index (Phi) is 11.3. The van der Waals surface area contributed by atoms with Gasteiger partial charge in [0.15, 0.2) is 0 Å². The van der Waals surface area contributed by atoms with Crippen molar-refractivity contribution in [3.05, 3.63) is 59.7 Å². The second-order valence-corrected chi connectivity index (χ2v) is 8.58. The van der Waals surface area contributed by atoms with Crippen LogP contribution in [0.1, 0.15) is 95.6 Å². The molecule has 0 aliphatic heterocycles. The Morgan fingerprint density at radius 1 is 0.800 bits per heavy atom. The molecular formula is C28H41NO. The first-order valence-electron chi connectivity index (χ1n) is 12.1. The Balaban J connectivity index is 2.09. The number of aliphatic imine (C=N–C) groups is 1. The second kappa shape index (κ2) is 14.0. The molecule has 0 saturated heterocycles. The van der Waals surface area contributed by atoms with Crippen molar-refractivity contribution in [2.45, 2.75) is 91.4 Å². The van der Waals surface area contributed by atoms with Crippen LogP contribution in [0.25, 0.3) is 0 Å². The Hall–Kier alpha value is -2.09. The van der Waals surface area contributed by atoms with Crippen LogP contribution < -0.4 is 0 Å². The summed E-state index contributed by atoms with van der Waals surface area (Å²) >= 11 is 0. The van der Waals surface area contributed by atoms with E-state index >= 15 is 0 Å². The Morgan fingerprint density at radius 2 is 1.47 bits per heavy atom. The summed E-state index contributed by atoms with van der Waals surface area (Å²) in [6.45, 7) is 6.48. The molecule has 0 radical (unpaired) electrons. The molecule has 2 aromatic carbocycles. The number of phenolic OH excluding ortho intramolecular Hbond substituents is 1. The maximum absolute atomic E-state index is 9.87. The third-order valence-electron chi connectivity index (χ3n) is 5.93. The Morgan fingerprint density at radius 3 is 2.10 bits per heavy atom. The maximum atomic E-state index is 9.87. The molecule has 30 heavy (non-hydrogen) atoms. The third kappa shape index (κ3) is 8.34. The van der Waals surface area contributed by atoms with Crippen molar-refractivity contribution in [1.29, 1.82) is 0 Å². The fourth-order valence-corrected chi connectivity index (χ4v) is 4.14. The van der Waals surface area contributed by atoms with E-state index in [0.717, 1.165) is 11.3 Å². The molecule has 0 spiro atoms. The lowest BCUT2D eigenvalue weighted by Gasteiger charge is -2.20. The van der Waals surface area contributed by atoms with E-state index in [4.69, 9.17) is 4.99 Å². The van der Waals surface area contributed by atoms with Crippen molar-refractivity contribution in [2.75, 3.05) is 0 Å². The van der Waals surface area contributed by atoms with Gasteiger partial charge >= 0.3 is 0 Å². The standard InChI is InChI=1S/C28H41NO/c1-4-6-7-8-9-10-11-13-17-24(16-5-2)28(25-18-14-12-15-19-25)29-26-20-21-27(30)23(3)22-26/h12,14-15,18-22,24,30H,4-11,13,16-17H2,1-3H3. The van der Waals surface area contributed by atoms with Crippen LogP contribution in [0.3, 0.4) is 0 Å². The highest BCUT2D eigenvalue weighted by atomic mass is 16.3. The van der Waals surface area contributed by atoms with Gasteiger partial charge in [0, 0.05) is 5.92 Å². The van der Waals surface area contributed by atoms with Gasteiger partial charge in [-0.2, -0.15) is 0 Å². The molecule has 2 nitrogen and oxygen atoms in total. The lowest BCUT2D eigenvalue weighted by Crippen LogP contribution is -2.16. The first-order valence-corrected chi connectivity index (χ1v) is 12.1. The summed E-state index contributed by atoms with van der Waals surface area (Å²) in [5.41, 5.74) is 4.23. The smallest absolute Gasteiger partial charge is 0.118 e. The normalized spacial score (nSPS) is 12.8. The van der Waals surface area contributed by atoms with Crippen molar-refractivity contribution in [3.63, 3.8) is 0 Å². The van der Waals surface area contributed by atoms with Crippen LogP contribution in [0, 0.1) is 12.8 Å². The number of nitrogens with zero attached hydrogens (tertiary/aromatic N) is 1. The average molecular weight is 408 g/mol. The molecule has 0 aromatic heterocycles. The van der Waals surface area contributed by atoms with Gasteiger partial charge < -0.3 is 5.11 Å². The number of unbranched alkanes of at least 4 members (excludes halogenated alkanes) is 7. The van der Waals surface area contributed by atoms with Gasteiger partial charge in [-0.3, -0.25) is 4.99 Å². The van der Waals surface area contributed by atoms with Gasteiger partial charge in [-0.05, 0) is 49.1 Å². The summed E-state index contributed by atoms with van der Waals surface area (Å²) < 4.78 is 0. The molecule has 0 saturated carbocycles. The van der Waals surface area contributed by atoms with Crippen LogP contribution in [0.15, 0.2) is 53.5 Å². The number of hydrogen-bond donors (Lipinski definition) is 1. The summed E-state index contributed by atoms with van der Waals surface area (Å²) in [6, 6.07) is 16.3. The fourth-order valence-electron chi connectivity index (χ4n) is 4.14. The van der Waals surface area contributed by atoms with E-state index in [1.54, 1.807) is 6.07 Å². The number of aromatic hydroxyl groups is 1. The average Bonchev–Trinajstić information content (AvgIpc) is 2.76. The number of aryl methyl sites for hydroxylation is 1. The van der Waals surface area contributed by atoms with Crippen molar-refractivity contribution in [1.82, 2.24) is 0 Å². The summed E-state index contributed by atoms with van der Waals surface area (Å²) in [6.07, 6.45) is 14.4. The maximum Gasteiger partial charge on any atom is 0.118 e. The van der Waals surface area contributed by atoms with Gasteiger partial charge in [0.25, 0.3) is 0 Å². The number of phenols is 1. The van der Waals surface area contributed by atoms with Gasteiger partial charge in [-0.15, -0.1) is 0 Å². The van der Waals surface area contributed by atoms with E-state index in [1.807, 2.05) is 19.1 Å². The molecule has 1 unspecified atom stereocenters. The Labute approximate surface area is 184 Å². The number of benzene rings is 2. The quantitative estimate of drug-likeness (QED) is 0.246. The zero-order valence-corrected chi connectivity index (χ0v) is 19.4. The molecule has 2 aromatic rings. The molecule has 2 heteroatoms. The highest BCUT2D eigenvalue weighted by molar-refractivity contribution is 6.03. The van der Waals surface area contributed by atoms with Crippen LogP contribution in [0.2, 0.25) is 0 Å². The van der Waals surface area contributed by atoms with Crippen LogP contribution >= 0.6 is 0 Å². The fraction of sp³-hybridized carbons (Fsp3) is 0.536. The molecule has 0 heterocycles. The van der Waals surface area contributed by atoms with Gasteiger partial charge in [-0.25, -0.2) is 0 Å². The molecule has 0 amide bonds. The minimum atomic E-state index is 0.333. The molecule has 0 aliphatic carbocycles. The van der Waals surface area contributed by atoms with E-state index in [1.165, 1.54) is 81.9 Å². The minimum absolute atomic E-state index is 0.333. The van der Waals surface area contributed by atoms with E-state index in [2.05, 4.69) is 44.2 Å². The monoisotopic (exact) mass is 407 g/mol. The topological polar surface area (TPSA) is 32.6 Å². The van der Waals surface area contributed by atoms with Gasteiger partial charge in [0.05, 0.1) is 11.4 Å². The van der Waals surface area contributed by atoms with Crippen LogP contribution in [0.4, 0.5) is 5.69 Å². The molecule has 0 bridgehead atoms. The predicted molar refractivity (Wildman–Crippen MR) is 131 cm³/mol. The highest BCUT2D eigenvalue weighted by Gasteiger charge is 2.17. The SMILES string of the molecule is CCCCCCCCCCC(CCC)C(=Nc1ccc(O)c(C)c1)c1ccccc1. The number of hydrogen-bond acceptors (Lipinski definition) is 2. The third-order valence-corrected chi connectivity index (χ3v) is 5.93. The molecule has 0 aliphatic rings. The summed E-state index contributed by atoms with van der Waals surface area (Å²) in [5, 5.41) is 9.87. The number of rotatable bonds is 14. The van der Waals surface area contributed by atoms with Crippen molar-refractivity contribution in [3.8, 4) is 5.75 Å².